The van der Waals surface area contributed by atoms with Crippen LogP contribution < -0.4 is 0 Å². The maximum atomic E-state index is 13.1. The summed E-state index contributed by atoms with van der Waals surface area (Å²) in [6.07, 6.45) is 0. The quantitative estimate of drug-likeness (QED) is 0.717. The first-order valence-corrected chi connectivity index (χ1v) is 4.99. The van der Waals surface area contributed by atoms with Crippen LogP contribution >= 0.6 is 21.7 Å². The van der Waals surface area contributed by atoms with Gasteiger partial charge in [-0.2, -0.15) is 0 Å². The molecule has 0 bridgehead atoms. The van der Waals surface area contributed by atoms with E-state index in [0.29, 0.717) is 4.90 Å². The molecular formula is C8H6ClFO2S. The Hall–Kier alpha value is -0.740. The third kappa shape index (κ3) is 2.35. The maximum absolute atomic E-state index is 13.1. The van der Waals surface area contributed by atoms with E-state index in [1.165, 1.54) is 19.2 Å². The number of carbonyl (C=O) groups excluding carboxylic acids is 1. The van der Waals surface area contributed by atoms with Gasteiger partial charge in [-0.05, 0) is 39.9 Å². The number of benzene rings is 1. The summed E-state index contributed by atoms with van der Waals surface area (Å²) in [6.45, 7) is 0. The number of carbonyl (C=O) groups is 1. The van der Waals surface area contributed by atoms with E-state index in [-0.39, 0.29) is 5.56 Å². The van der Waals surface area contributed by atoms with E-state index < -0.39 is 11.8 Å². The van der Waals surface area contributed by atoms with E-state index in [4.69, 9.17) is 10.7 Å². The molecular weight excluding hydrogens is 215 g/mol. The predicted octanol–water partition coefficient (Wildman–Crippen LogP) is 2.86. The van der Waals surface area contributed by atoms with Crippen LogP contribution in [0.1, 0.15) is 10.4 Å². The van der Waals surface area contributed by atoms with E-state index >= 15 is 0 Å². The summed E-state index contributed by atoms with van der Waals surface area (Å²) in [5.74, 6) is -1.32. The van der Waals surface area contributed by atoms with Crippen molar-refractivity contribution in [2.24, 2.45) is 0 Å². The minimum absolute atomic E-state index is 0.0861. The Morgan fingerprint density at radius 3 is 2.77 bits per heavy atom. The summed E-state index contributed by atoms with van der Waals surface area (Å²) < 4.78 is 17.5. The lowest BCUT2D eigenvalue weighted by molar-refractivity contribution is 0.0595. The lowest BCUT2D eigenvalue weighted by Crippen LogP contribution is -2.03. The largest absolute Gasteiger partial charge is 0.465 e. The number of esters is 1. The van der Waals surface area contributed by atoms with Gasteiger partial charge in [-0.15, -0.1) is 0 Å². The average molecular weight is 221 g/mol. The van der Waals surface area contributed by atoms with Crippen molar-refractivity contribution in [1.29, 1.82) is 0 Å². The summed E-state index contributed by atoms with van der Waals surface area (Å²) >= 11 is 0. The lowest BCUT2D eigenvalue weighted by Gasteiger charge is -2.01. The van der Waals surface area contributed by atoms with Gasteiger partial charge in [-0.1, -0.05) is 0 Å². The molecule has 2 nitrogen and oxygen atoms in total. The number of hydrogen-bond donors (Lipinski definition) is 0. The third-order valence-electron chi connectivity index (χ3n) is 1.43. The fourth-order valence-corrected chi connectivity index (χ4v) is 1.37. The molecule has 0 N–H and O–H groups in total. The molecule has 0 heterocycles. The molecule has 0 unspecified atom stereocenters. The Labute approximate surface area is 83.5 Å². The van der Waals surface area contributed by atoms with Crippen molar-refractivity contribution >= 4 is 27.6 Å². The van der Waals surface area contributed by atoms with Crippen molar-refractivity contribution in [3.05, 3.63) is 29.6 Å². The van der Waals surface area contributed by atoms with Gasteiger partial charge in [0.25, 0.3) is 0 Å². The molecule has 13 heavy (non-hydrogen) atoms. The molecule has 1 aromatic rings. The topological polar surface area (TPSA) is 26.3 Å². The van der Waals surface area contributed by atoms with Crippen LogP contribution in [0.3, 0.4) is 0 Å². The van der Waals surface area contributed by atoms with Crippen molar-refractivity contribution in [1.82, 2.24) is 0 Å². The van der Waals surface area contributed by atoms with Crippen LogP contribution in [0.25, 0.3) is 0 Å². The van der Waals surface area contributed by atoms with Crippen molar-refractivity contribution in [3.63, 3.8) is 0 Å². The molecule has 0 spiro atoms. The van der Waals surface area contributed by atoms with E-state index in [9.17, 15) is 9.18 Å². The SMILES string of the molecule is COC(=O)c1ccc(SCl)cc1F. The second-order valence-corrected chi connectivity index (χ2v) is 3.30. The molecule has 0 radical (unpaired) electrons. The smallest absolute Gasteiger partial charge is 0.340 e. The number of halogens is 2. The second-order valence-electron chi connectivity index (χ2n) is 2.21. The Morgan fingerprint density at radius 2 is 2.31 bits per heavy atom. The predicted molar refractivity (Wildman–Crippen MR) is 49.4 cm³/mol. The first-order valence-electron chi connectivity index (χ1n) is 3.35. The van der Waals surface area contributed by atoms with E-state index in [1.54, 1.807) is 6.07 Å². The zero-order valence-electron chi connectivity index (χ0n) is 6.71. The third-order valence-corrected chi connectivity index (χ3v) is 2.40. The highest BCUT2D eigenvalue weighted by molar-refractivity contribution is 8.21. The van der Waals surface area contributed by atoms with Gasteiger partial charge < -0.3 is 4.74 Å². The van der Waals surface area contributed by atoms with E-state index in [0.717, 1.165) is 11.0 Å². The van der Waals surface area contributed by atoms with Gasteiger partial charge in [-0.3, -0.25) is 0 Å². The van der Waals surface area contributed by atoms with Crippen LogP contribution in [0.5, 0.6) is 0 Å². The Bertz CT molecular complexity index is 330. The number of methoxy groups -OCH3 is 1. The van der Waals surface area contributed by atoms with Crippen LogP contribution in [0, 0.1) is 5.82 Å². The molecule has 5 heteroatoms. The fraction of sp³-hybridized carbons (Fsp3) is 0.125. The van der Waals surface area contributed by atoms with Crippen LogP contribution in [0.4, 0.5) is 4.39 Å². The van der Waals surface area contributed by atoms with Crippen molar-refractivity contribution in [2.75, 3.05) is 7.11 Å². The molecule has 0 saturated carbocycles. The molecule has 0 saturated heterocycles. The zero-order valence-corrected chi connectivity index (χ0v) is 8.29. The minimum atomic E-state index is -0.691. The Kier molecular flexibility index (Phi) is 3.57. The summed E-state index contributed by atoms with van der Waals surface area (Å²) in [5.41, 5.74) is -0.0861. The molecule has 0 aromatic heterocycles. The van der Waals surface area contributed by atoms with Gasteiger partial charge in [0, 0.05) is 4.90 Å². The summed E-state index contributed by atoms with van der Waals surface area (Å²) in [7, 11) is 7.49. The molecule has 1 aromatic carbocycles. The fourth-order valence-electron chi connectivity index (χ4n) is 0.819. The zero-order chi connectivity index (χ0) is 9.84. The van der Waals surface area contributed by atoms with E-state index in [2.05, 4.69) is 4.74 Å². The normalized spacial score (nSPS) is 9.77. The molecule has 0 aliphatic heterocycles. The highest BCUT2D eigenvalue weighted by Crippen LogP contribution is 2.23. The van der Waals surface area contributed by atoms with Gasteiger partial charge in [0.05, 0.1) is 12.7 Å². The van der Waals surface area contributed by atoms with Gasteiger partial charge in [0.1, 0.15) is 5.82 Å². The van der Waals surface area contributed by atoms with E-state index in [1.807, 2.05) is 0 Å². The second kappa shape index (κ2) is 4.48. The molecule has 0 aliphatic carbocycles. The number of ether oxygens (including phenoxy) is 1. The molecule has 1 rings (SSSR count). The maximum Gasteiger partial charge on any atom is 0.340 e. The highest BCUT2D eigenvalue weighted by Gasteiger charge is 2.11. The summed E-state index contributed by atoms with van der Waals surface area (Å²) in [5, 5.41) is 0. The van der Waals surface area contributed by atoms with Gasteiger partial charge >= 0.3 is 5.97 Å². The minimum Gasteiger partial charge on any atom is -0.465 e. The van der Waals surface area contributed by atoms with Gasteiger partial charge in [-0.25, -0.2) is 9.18 Å². The van der Waals surface area contributed by atoms with Crippen molar-refractivity contribution in [3.8, 4) is 0 Å². The molecule has 0 aliphatic rings. The van der Waals surface area contributed by atoms with Crippen LogP contribution in [-0.2, 0) is 4.74 Å². The van der Waals surface area contributed by atoms with Crippen LogP contribution in [0.2, 0.25) is 0 Å². The van der Waals surface area contributed by atoms with Crippen LogP contribution in [-0.4, -0.2) is 13.1 Å². The number of hydrogen-bond acceptors (Lipinski definition) is 3. The van der Waals surface area contributed by atoms with Crippen molar-refractivity contribution < 1.29 is 13.9 Å². The van der Waals surface area contributed by atoms with Crippen molar-refractivity contribution in [2.45, 2.75) is 4.90 Å². The Balaban J connectivity index is 3.05. The lowest BCUT2D eigenvalue weighted by atomic mass is 10.2. The molecule has 0 amide bonds. The van der Waals surface area contributed by atoms with Gasteiger partial charge in [0.2, 0.25) is 0 Å². The summed E-state index contributed by atoms with van der Waals surface area (Å²) in [4.78, 5) is 11.5. The summed E-state index contributed by atoms with van der Waals surface area (Å²) in [6, 6.07) is 4.07. The highest BCUT2D eigenvalue weighted by atomic mass is 35.7. The standard InChI is InChI=1S/C8H6ClFO2S/c1-12-8(11)6-3-2-5(13-9)4-7(6)10/h2-4H,1H3. The first-order chi connectivity index (χ1) is 6.19. The number of rotatable bonds is 2. The average Bonchev–Trinajstić information content (AvgIpc) is 2.16. The van der Waals surface area contributed by atoms with Gasteiger partial charge in [0.15, 0.2) is 0 Å². The monoisotopic (exact) mass is 220 g/mol. The first kappa shape index (κ1) is 10.3. The molecule has 0 atom stereocenters. The van der Waals surface area contributed by atoms with Crippen LogP contribution in [0.15, 0.2) is 23.1 Å². The molecule has 70 valence electrons. The molecule has 0 fully saturated rings. The Morgan fingerprint density at radius 1 is 1.62 bits per heavy atom.